The Morgan fingerprint density at radius 1 is 1.33 bits per heavy atom. The molecule has 1 aliphatic carbocycles. The third-order valence-electron chi connectivity index (χ3n) is 3.07. The van der Waals surface area contributed by atoms with E-state index in [1.54, 1.807) is 0 Å². The Labute approximate surface area is 104 Å². The number of nitrogens with one attached hydrogen (secondary N) is 1. The van der Waals surface area contributed by atoms with Gasteiger partial charge in [-0.1, -0.05) is 12.1 Å². The molecule has 1 aromatic carbocycles. The Morgan fingerprint density at radius 2 is 2.06 bits per heavy atom. The molecule has 1 atom stereocenters. The fraction of sp³-hybridized carbons (Fsp3) is 0.538. The van der Waals surface area contributed by atoms with E-state index in [1.807, 2.05) is 0 Å². The molecule has 0 saturated heterocycles. The van der Waals surface area contributed by atoms with Crippen LogP contribution in [0, 0.1) is 5.92 Å². The molecule has 2 nitrogen and oxygen atoms in total. The number of aliphatic hydroxyl groups is 1. The van der Waals surface area contributed by atoms with Gasteiger partial charge in [0.2, 0.25) is 0 Å². The normalized spacial score (nSPS) is 17.8. The van der Waals surface area contributed by atoms with E-state index >= 15 is 0 Å². The van der Waals surface area contributed by atoms with Crippen LogP contribution in [0.4, 0.5) is 13.2 Å². The van der Waals surface area contributed by atoms with E-state index in [1.165, 1.54) is 25.0 Å². The average molecular weight is 259 g/mol. The minimum atomic E-state index is -4.36. The number of benzene rings is 1. The second kappa shape index (κ2) is 5.28. The van der Waals surface area contributed by atoms with E-state index in [0.29, 0.717) is 11.5 Å². The minimum Gasteiger partial charge on any atom is -0.387 e. The standard InChI is InChI=1S/C13H16F3NO/c14-13(15,16)11-3-1-2-10(6-11)12(18)8-17-7-9-4-5-9/h1-3,6,9,12,17-18H,4-5,7-8H2. The molecule has 18 heavy (non-hydrogen) atoms. The van der Waals surface area contributed by atoms with Crippen molar-refractivity contribution >= 4 is 0 Å². The summed E-state index contributed by atoms with van der Waals surface area (Å²) in [6, 6.07) is 4.85. The van der Waals surface area contributed by atoms with Crippen molar-refractivity contribution in [2.45, 2.75) is 25.1 Å². The number of hydrogen-bond acceptors (Lipinski definition) is 2. The van der Waals surface area contributed by atoms with Crippen LogP contribution in [-0.4, -0.2) is 18.2 Å². The predicted molar refractivity (Wildman–Crippen MR) is 62.0 cm³/mol. The highest BCUT2D eigenvalue weighted by molar-refractivity contribution is 5.27. The summed E-state index contributed by atoms with van der Waals surface area (Å²) in [7, 11) is 0. The summed E-state index contributed by atoms with van der Waals surface area (Å²) in [4.78, 5) is 0. The first-order valence-electron chi connectivity index (χ1n) is 6.03. The Morgan fingerprint density at radius 3 is 2.67 bits per heavy atom. The first kappa shape index (κ1) is 13.4. The molecule has 100 valence electrons. The molecule has 1 saturated carbocycles. The van der Waals surface area contributed by atoms with Crippen LogP contribution in [0.5, 0.6) is 0 Å². The van der Waals surface area contributed by atoms with Crippen molar-refractivity contribution < 1.29 is 18.3 Å². The molecule has 1 aromatic rings. The lowest BCUT2D eigenvalue weighted by Crippen LogP contribution is -2.23. The van der Waals surface area contributed by atoms with Crippen LogP contribution in [-0.2, 0) is 6.18 Å². The molecule has 0 aromatic heterocycles. The zero-order valence-electron chi connectivity index (χ0n) is 9.87. The number of aliphatic hydroxyl groups excluding tert-OH is 1. The topological polar surface area (TPSA) is 32.3 Å². The average Bonchev–Trinajstić information content (AvgIpc) is 3.12. The van der Waals surface area contributed by atoms with Crippen molar-refractivity contribution in [3.63, 3.8) is 0 Å². The maximum Gasteiger partial charge on any atom is 0.416 e. The van der Waals surface area contributed by atoms with Gasteiger partial charge in [0.05, 0.1) is 11.7 Å². The van der Waals surface area contributed by atoms with Gasteiger partial charge in [-0.3, -0.25) is 0 Å². The number of halogens is 3. The summed E-state index contributed by atoms with van der Waals surface area (Å²) in [5.74, 6) is 0.679. The monoisotopic (exact) mass is 259 g/mol. The summed E-state index contributed by atoms with van der Waals surface area (Å²) < 4.78 is 37.5. The van der Waals surface area contributed by atoms with Gasteiger partial charge in [-0.15, -0.1) is 0 Å². The summed E-state index contributed by atoms with van der Waals surface area (Å²) in [6.07, 6.45) is -2.86. The molecule has 1 unspecified atom stereocenters. The Balaban J connectivity index is 1.93. The van der Waals surface area contributed by atoms with E-state index in [4.69, 9.17) is 0 Å². The molecule has 1 fully saturated rings. The van der Waals surface area contributed by atoms with E-state index in [-0.39, 0.29) is 6.54 Å². The highest BCUT2D eigenvalue weighted by Crippen LogP contribution is 2.31. The number of hydrogen-bond donors (Lipinski definition) is 2. The SMILES string of the molecule is OC(CNCC1CC1)c1cccc(C(F)(F)F)c1. The van der Waals surface area contributed by atoms with Gasteiger partial charge in [-0.05, 0) is 43.0 Å². The van der Waals surface area contributed by atoms with Gasteiger partial charge in [0.1, 0.15) is 0 Å². The van der Waals surface area contributed by atoms with Gasteiger partial charge in [0.15, 0.2) is 0 Å². The molecule has 0 bridgehead atoms. The Kier molecular flexibility index (Phi) is 3.92. The molecule has 0 radical (unpaired) electrons. The van der Waals surface area contributed by atoms with E-state index in [2.05, 4.69) is 5.32 Å². The van der Waals surface area contributed by atoms with Gasteiger partial charge in [0, 0.05) is 6.54 Å². The van der Waals surface area contributed by atoms with Crippen molar-refractivity contribution in [3.8, 4) is 0 Å². The maximum absolute atomic E-state index is 12.5. The maximum atomic E-state index is 12.5. The zero-order valence-corrected chi connectivity index (χ0v) is 9.87. The van der Waals surface area contributed by atoms with Crippen LogP contribution in [0.3, 0.4) is 0 Å². The molecule has 0 aliphatic heterocycles. The molecule has 0 spiro atoms. The van der Waals surface area contributed by atoms with Gasteiger partial charge in [0.25, 0.3) is 0 Å². The number of rotatable bonds is 5. The summed E-state index contributed by atoms with van der Waals surface area (Å²) in [6.45, 7) is 1.12. The molecule has 0 amide bonds. The van der Waals surface area contributed by atoms with Gasteiger partial charge in [-0.2, -0.15) is 13.2 Å². The number of alkyl halides is 3. The second-order valence-corrected chi connectivity index (χ2v) is 4.74. The lowest BCUT2D eigenvalue weighted by atomic mass is 10.1. The van der Waals surface area contributed by atoms with Gasteiger partial charge in [-0.25, -0.2) is 0 Å². The largest absolute Gasteiger partial charge is 0.416 e. The highest BCUT2D eigenvalue weighted by atomic mass is 19.4. The van der Waals surface area contributed by atoms with Crippen LogP contribution in [0.25, 0.3) is 0 Å². The molecule has 2 N–H and O–H groups in total. The lowest BCUT2D eigenvalue weighted by Gasteiger charge is -2.14. The summed E-state index contributed by atoms with van der Waals surface area (Å²) >= 11 is 0. The first-order valence-corrected chi connectivity index (χ1v) is 6.03. The summed E-state index contributed by atoms with van der Waals surface area (Å²) in [5, 5.41) is 12.9. The zero-order chi connectivity index (χ0) is 13.2. The smallest absolute Gasteiger partial charge is 0.387 e. The van der Waals surface area contributed by atoms with Gasteiger partial charge >= 0.3 is 6.18 Å². The first-order chi connectivity index (χ1) is 8.47. The van der Waals surface area contributed by atoms with E-state index < -0.39 is 17.8 Å². The quantitative estimate of drug-likeness (QED) is 0.852. The molecule has 0 heterocycles. The Hall–Kier alpha value is -1.07. The molecular formula is C13H16F3NO. The van der Waals surface area contributed by atoms with Crippen LogP contribution >= 0.6 is 0 Å². The van der Waals surface area contributed by atoms with Crippen molar-refractivity contribution in [1.82, 2.24) is 5.32 Å². The van der Waals surface area contributed by atoms with Crippen LogP contribution in [0.2, 0.25) is 0 Å². The molecular weight excluding hydrogens is 243 g/mol. The summed E-state index contributed by atoms with van der Waals surface area (Å²) in [5.41, 5.74) is -0.422. The third kappa shape index (κ3) is 3.71. The van der Waals surface area contributed by atoms with Crippen LogP contribution in [0.15, 0.2) is 24.3 Å². The van der Waals surface area contributed by atoms with E-state index in [0.717, 1.165) is 18.7 Å². The fourth-order valence-corrected chi connectivity index (χ4v) is 1.79. The second-order valence-electron chi connectivity index (χ2n) is 4.74. The lowest BCUT2D eigenvalue weighted by molar-refractivity contribution is -0.137. The van der Waals surface area contributed by atoms with Crippen molar-refractivity contribution in [2.24, 2.45) is 5.92 Å². The van der Waals surface area contributed by atoms with Gasteiger partial charge < -0.3 is 10.4 Å². The fourth-order valence-electron chi connectivity index (χ4n) is 1.79. The highest BCUT2D eigenvalue weighted by Gasteiger charge is 2.30. The van der Waals surface area contributed by atoms with Crippen molar-refractivity contribution in [3.05, 3.63) is 35.4 Å². The predicted octanol–water partition coefficient (Wildman–Crippen LogP) is 2.74. The minimum absolute atomic E-state index is 0.289. The van der Waals surface area contributed by atoms with Crippen molar-refractivity contribution in [2.75, 3.05) is 13.1 Å². The molecule has 1 aliphatic rings. The Bertz CT molecular complexity index is 401. The van der Waals surface area contributed by atoms with Crippen molar-refractivity contribution in [1.29, 1.82) is 0 Å². The molecule has 2 rings (SSSR count). The van der Waals surface area contributed by atoms with Crippen LogP contribution < -0.4 is 5.32 Å². The third-order valence-corrected chi connectivity index (χ3v) is 3.07. The molecule has 5 heteroatoms. The van der Waals surface area contributed by atoms with Crippen LogP contribution in [0.1, 0.15) is 30.1 Å². The van der Waals surface area contributed by atoms with E-state index in [9.17, 15) is 18.3 Å².